The van der Waals surface area contributed by atoms with Gasteiger partial charge in [0.15, 0.2) is 5.78 Å². The molecule has 4 heteroatoms. The van der Waals surface area contributed by atoms with Gasteiger partial charge in [0.25, 0.3) is 0 Å². The van der Waals surface area contributed by atoms with E-state index in [9.17, 15) is 4.79 Å². The molecule has 0 aliphatic carbocycles. The maximum Gasteiger partial charge on any atom is 0.196 e. The second-order valence-electron chi connectivity index (χ2n) is 4.39. The third kappa shape index (κ3) is 2.94. The monoisotopic (exact) mass is 312 g/mol. The third-order valence-corrected chi connectivity index (χ3v) is 3.67. The highest BCUT2D eigenvalue weighted by atomic mass is 35.5. The third-order valence-electron chi connectivity index (χ3n) is 2.86. The van der Waals surface area contributed by atoms with E-state index < -0.39 is 0 Å². The van der Waals surface area contributed by atoms with Crippen molar-refractivity contribution in [2.75, 3.05) is 0 Å². The van der Waals surface area contributed by atoms with Crippen LogP contribution in [0.2, 0.25) is 15.1 Å². The summed E-state index contributed by atoms with van der Waals surface area (Å²) in [5.41, 5.74) is 2.88. The van der Waals surface area contributed by atoms with Crippen LogP contribution in [0.5, 0.6) is 0 Å². The standard InChI is InChI=1S/C15H11Cl3O/c1-8-3-4-11(9(2)5-8)15(19)14-12(17)6-10(16)7-13(14)18/h3-7H,1-2H3. The van der Waals surface area contributed by atoms with E-state index in [-0.39, 0.29) is 15.8 Å². The lowest BCUT2D eigenvalue weighted by Crippen LogP contribution is -2.05. The SMILES string of the molecule is Cc1ccc(C(=O)c2c(Cl)cc(Cl)cc2Cl)c(C)c1. The van der Waals surface area contributed by atoms with Gasteiger partial charge in [0.2, 0.25) is 0 Å². The minimum atomic E-state index is -0.191. The lowest BCUT2D eigenvalue weighted by molar-refractivity contribution is 0.103. The summed E-state index contributed by atoms with van der Waals surface area (Å²) < 4.78 is 0. The van der Waals surface area contributed by atoms with E-state index >= 15 is 0 Å². The van der Waals surface area contributed by atoms with Gasteiger partial charge in [-0.25, -0.2) is 0 Å². The first-order chi connectivity index (χ1) is 8.90. The number of benzene rings is 2. The van der Waals surface area contributed by atoms with Gasteiger partial charge in [0.1, 0.15) is 0 Å². The van der Waals surface area contributed by atoms with Gasteiger partial charge < -0.3 is 0 Å². The molecule has 98 valence electrons. The summed E-state index contributed by atoms with van der Waals surface area (Å²) in [6.45, 7) is 3.86. The minimum Gasteiger partial charge on any atom is -0.288 e. The van der Waals surface area contributed by atoms with Crippen LogP contribution < -0.4 is 0 Å². The Hall–Kier alpha value is -1.02. The molecule has 0 fully saturated rings. The van der Waals surface area contributed by atoms with E-state index in [1.54, 1.807) is 6.07 Å². The maximum absolute atomic E-state index is 12.5. The van der Waals surface area contributed by atoms with Crippen LogP contribution in [0.3, 0.4) is 0 Å². The maximum atomic E-state index is 12.5. The molecule has 0 amide bonds. The van der Waals surface area contributed by atoms with Gasteiger partial charge in [0.05, 0.1) is 15.6 Å². The topological polar surface area (TPSA) is 17.1 Å². The van der Waals surface area contributed by atoms with Crippen LogP contribution in [0.1, 0.15) is 27.0 Å². The lowest BCUT2D eigenvalue weighted by Gasteiger charge is -2.09. The quantitative estimate of drug-likeness (QED) is 0.670. The van der Waals surface area contributed by atoms with E-state index in [0.717, 1.165) is 11.1 Å². The van der Waals surface area contributed by atoms with Crippen molar-refractivity contribution in [3.05, 3.63) is 67.7 Å². The van der Waals surface area contributed by atoms with Crippen LogP contribution in [-0.4, -0.2) is 5.78 Å². The molecule has 0 radical (unpaired) electrons. The van der Waals surface area contributed by atoms with Crippen molar-refractivity contribution in [1.29, 1.82) is 0 Å². The Morgan fingerprint density at radius 3 is 2.05 bits per heavy atom. The van der Waals surface area contributed by atoms with Crippen LogP contribution in [0, 0.1) is 13.8 Å². The molecule has 0 saturated carbocycles. The molecule has 2 rings (SSSR count). The zero-order valence-electron chi connectivity index (χ0n) is 10.4. The van der Waals surface area contributed by atoms with Crippen molar-refractivity contribution in [2.24, 2.45) is 0 Å². The summed E-state index contributed by atoms with van der Waals surface area (Å²) in [4.78, 5) is 12.5. The van der Waals surface area contributed by atoms with E-state index in [1.165, 1.54) is 12.1 Å². The number of hydrogen-bond acceptors (Lipinski definition) is 1. The van der Waals surface area contributed by atoms with Gasteiger partial charge in [-0.2, -0.15) is 0 Å². The van der Waals surface area contributed by atoms with Gasteiger partial charge in [-0.3, -0.25) is 4.79 Å². The molecule has 0 bridgehead atoms. The van der Waals surface area contributed by atoms with Crippen LogP contribution in [0.4, 0.5) is 0 Å². The minimum absolute atomic E-state index is 0.191. The average molecular weight is 314 g/mol. The normalized spacial score (nSPS) is 10.6. The molecule has 0 aromatic heterocycles. The predicted molar refractivity (Wildman–Crippen MR) is 80.8 cm³/mol. The molecule has 0 saturated heterocycles. The number of carbonyl (C=O) groups is 1. The van der Waals surface area contributed by atoms with Crippen LogP contribution in [0.15, 0.2) is 30.3 Å². The molecule has 2 aromatic rings. The molecule has 0 aliphatic heterocycles. The number of ketones is 1. The Balaban J connectivity index is 2.56. The first kappa shape index (κ1) is 14.4. The molecular formula is C15H11Cl3O. The van der Waals surface area contributed by atoms with Gasteiger partial charge in [-0.05, 0) is 31.5 Å². The molecular weight excluding hydrogens is 303 g/mol. The number of hydrogen-bond donors (Lipinski definition) is 0. The zero-order chi connectivity index (χ0) is 14.2. The summed E-state index contributed by atoms with van der Waals surface area (Å²) >= 11 is 18.0. The van der Waals surface area contributed by atoms with E-state index in [1.807, 2.05) is 26.0 Å². The fourth-order valence-electron chi connectivity index (χ4n) is 1.96. The molecule has 0 aliphatic rings. The Labute approximate surface area is 127 Å². The summed E-state index contributed by atoms with van der Waals surface area (Å²) in [5.74, 6) is -0.191. The van der Waals surface area contributed by atoms with Crippen LogP contribution in [0.25, 0.3) is 0 Å². The number of carbonyl (C=O) groups excluding carboxylic acids is 1. The number of halogens is 3. The second kappa shape index (κ2) is 5.54. The highest BCUT2D eigenvalue weighted by Crippen LogP contribution is 2.31. The number of rotatable bonds is 2. The average Bonchev–Trinajstić information content (AvgIpc) is 2.26. The number of aryl methyl sites for hydroxylation is 2. The molecule has 0 spiro atoms. The van der Waals surface area contributed by atoms with Crippen molar-refractivity contribution in [2.45, 2.75) is 13.8 Å². The van der Waals surface area contributed by atoms with Crippen LogP contribution in [-0.2, 0) is 0 Å². The first-order valence-electron chi connectivity index (χ1n) is 5.66. The molecule has 1 nitrogen and oxygen atoms in total. The van der Waals surface area contributed by atoms with Gasteiger partial charge in [0, 0.05) is 10.6 Å². The van der Waals surface area contributed by atoms with E-state index in [2.05, 4.69) is 0 Å². The summed E-state index contributed by atoms with van der Waals surface area (Å²) in [6.07, 6.45) is 0. The Kier molecular flexibility index (Phi) is 4.19. The highest BCUT2D eigenvalue weighted by molar-refractivity contribution is 6.43. The zero-order valence-corrected chi connectivity index (χ0v) is 12.7. The lowest BCUT2D eigenvalue weighted by atomic mass is 9.97. The Morgan fingerprint density at radius 1 is 0.947 bits per heavy atom. The fourth-order valence-corrected chi connectivity index (χ4v) is 2.95. The largest absolute Gasteiger partial charge is 0.288 e. The smallest absolute Gasteiger partial charge is 0.196 e. The van der Waals surface area contributed by atoms with Crippen molar-refractivity contribution < 1.29 is 4.79 Å². The van der Waals surface area contributed by atoms with Crippen LogP contribution >= 0.6 is 34.8 Å². The highest BCUT2D eigenvalue weighted by Gasteiger charge is 2.19. The van der Waals surface area contributed by atoms with E-state index in [4.69, 9.17) is 34.8 Å². The molecule has 0 atom stereocenters. The first-order valence-corrected chi connectivity index (χ1v) is 6.80. The van der Waals surface area contributed by atoms with E-state index in [0.29, 0.717) is 16.1 Å². The second-order valence-corrected chi connectivity index (χ2v) is 5.64. The summed E-state index contributed by atoms with van der Waals surface area (Å²) in [6, 6.07) is 8.66. The van der Waals surface area contributed by atoms with Crippen molar-refractivity contribution in [3.63, 3.8) is 0 Å². The molecule has 0 heterocycles. The van der Waals surface area contributed by atoms with Gasteiger partial charge in [-0.1, -0.05) is 58.6 Å². The molecule has 0 unspecified atom stereocenters. The van der Waals surface area contributed by atoms with Gasteiger partial charge >= 0.3 is 0 Å². The molecule has 0 N–H and O–H groups in total. The summed E-state index contributed by atoms with van der Waals surface area (Å²) in [5, 5.41) is 0.942. The van der Waals surface area contributed by atoms with Crippen molar-refractivity contribution in [1.82, 2.24) is 0 Å². The van der Waals surface area contributed by atoms with Crippen molar-refractivity contribution in [3.8, 4) is 0 Å². The predicted octanol–water partition coefficient (Wildman–Crippen LogP) is 5.49. The molecule has 2 aromatic carbocycles. The molecule has 19 heavy (non-hydrogen) atoms. The van der Waals surface area contributed by atoms with Crippen molar-refractivity contribution >= 4 is 40.6 Å². The van der Waals surface area contributed by atoms with Gasteiger partial charge in [-0.15, -0.1) is 0 Å². The Bertz CT molecular complexity index is 639. The summed E-state index contributed by atoms with van der Waals surface area (Å²) in [7, 11) is 0. The fraction of sp³-hybridized carbons (Fsp3) is 0.133. The Morgan fingerprint density at radius 2 is 1.53 bits per heavy atom.